The molecule has 1 aliphatic rings. The standard InChI is InChI=1S/C18H28O2/c1-5-20-16-8-6-15(7-9-16)18(19)12-10-14(11-13-18)17(2,3)4/h6-9,14,19H,5,10-13H2,1-4H3. The first kappa shape index (κ1) is 15.4. The van der Waals surface area contributed by atoms with E-state index in [2.05, 4.69) is 20.8 Å². The van der Waals surface area contributed by atoms with Gasteiger partial charge < -0.3 is 9.84 Å². The highest BCUT2D eigenvalue weighted by Gasteiger charge is 2.38. The van der Waals surface area contributed by atoms with Gasteiger partial charge in [0.05, 0.1) is 12.2 Å². The van der Waals surface area contributed by atoms with E-state index in [1.165, 1.54) is 0 Å². The van der Waals surface area contributed by atoms with Gasteiger partial charge >= 0.3 is 0 Å². The Balaban J connectivity index is 2.05. The van der Waals surface area contributed by atoms with Crippen molar-refractivity contribution in [3.05, 3.63) is 29.8 Å². The van der Waals surface area contributed by atoms with Crippen molar-refractivity contribution >= 4 is 0 Å². The van der Waals surface area contributed by atoms with Gasteiger partial charge in [-0.25, -0.2) is 0 Å². The first-order valence-corrected chi connectivity index (χ1v) is 7.81. The molecule has 1 aliphatic carbocycles. The molecule has 0 unspecified atom stereocenters. The molecule has 1 N–H and O–H groups in total. The van der Waals surface area contributed by atoms with Gasteiger partial charge in [0.25, 0.3) is 0 Å². The van der Waals surface area contributed by atoms with Gasteiger partial charge in [-0.2, -0.15) is 0 Å². The van der Waals surface area contributed by atoms with E-state index in [0.717, 1.165) is 37.0 Å². The number of rotatable bonds is 3. The molecule has 0 spiro atoms. The molecule has 0 aliphatic heterocycles. The van der Waals surface area contributed by atoms with E-state index in [0.29, 0.717) is 17.9 Å². The van der Waals surface area contributed by atoms with Crippen LogP contribution in [0.2, 0.25) is 0 Å². The molecule has 1 aromatic carbocycles. The highest BCUT2D eigenvalue weighted by Crippen LogP contribution is 2.45. The zero-order chi connectivity index (χ0) is 14.8. The van der Waals surface area contributed by atoms with E-state index in [1.54, 1.807) is 0 Å². The molecule has 1 fully saturated rings. The third-order valence-electron chi connectivity index (χ3n) is 4.74. The summed E-state index contributed by atoms with van der Waals surface area (Å²) in [6, 6.07) is 7.96. The summed E-state index contributed by atoms with van der Waals surface area (Å²) in [6.45, 7) is 9.57. The Morgan fingerprint density at radius 3 is 2.15 bits per heavy atom. The third-order valence-corrected chi connectivity index (χ3v) is 4.74. The van der Waals surface area contributed by atoms with Gasteiger partial charge in [0, 0.05) is 0 Å². The van der Waals surface area contributed by atoms with E-state index < -0.39 is 5.60 Å². The molecule has 2 nitrogen and oxygen atoms in total. The number of hydrogen-bond acceptors (Lipinski definition) is 2. The lowest BCUT2D eigenvalue weighted by molar-refractivity contribution is -0.0298. The van der Waals surface area contributed by atoms with Crippen molar-refractivity contribution in [1.29, 1.82) is 0 Å². The summed E-state index contributed by atoms with van der Waals surface area (Å²) in [4.78, 5) is 0. The molecule has 2 heteroatoms. The predicted molar refractivity (Wildman–Crippen MR) is 82.9 cm³/mol. The Morgan fingerprint density at radius 1 is 1.15 bits per heavy atom. The lowest BCUT2D eigenvalue weighted by atomic mass is 9.67. The Kier molecular flexibility index (Phi) is 4.43. The van der Waals surface area contributed by atoms with Gasteiger partial charge in [0.15, 0.2) is 0 Å². The molecule has 0 atom stereocenters. The smallest absolute Gasteiger partial charge is 0.119 e. The SMILES string of the molecule is CCOc1ccc(C2(O)CCC(C(C)(C)C)CC2)cc1. The van der Waals surface area contributed by atoms with Gasteiger partial charge in [-0.15, -0.1) is 0 Å². The molecule has 0 aromatic heterocycles. The van der Waals surface area contributed by atoms with Crippen LogP contribution >= 0.6 is 0 Å². The summed E-state index contributed by atoms with van der Waals surface area (Å²) in [6.07, 6.45) is 3.94. The number of benzene rings is 1. The van der Waals surface area contributed by atoms with Gasteiger partial charge in [-0.1, -0.05) is 32.9 Å². The molecule has 0 radical (unpaired) electrons. The molecular weight excluding hydrogens is 248 g/mol. The second-order valence-electron chi connectivity index (χ2n) is 7.13. The molecule has 0 amide bonds. The summed E-state index contributed by atoms with van der Waals surface area (Å²) >= 11 is 0. The van der Waals surface area contributed by atoms with Crippen molar-refractivity contribution in [3.8, 4) is 5.75 Å². The Labute approximate surface area is 123 Å². The van der Waals surface area contributed by atoms with Crippen LogP contribution in [0.1, 0.15) is 58.9 Å². The zero-order valence-electron chi connectivity index (χ0n) is 13.3. The van der Waals surface area contributed by atoms with Crippen LogP contribution in [-0.2, 0) is 5.60 Å². The van der Waals surface area contributed by atoms with E-state index in [-0.39, 0.29) is 0 Å². The maximum absolute atomic E-state index is 10.9. The molecule has 0 saturated heterocycles. The topological polar surface area (TPSA) is 29.5 Å². The predicted octanol–water partition coefficient (Wildman–Crippen LogP) is 4.51. The molecule has 0 bridgehead atoms. The van der Waals surface area contributed by atoms with Crippen molar-refractivity contribution in [2.45, 2.75) is 59.0 Å². The second kappa shape index (κ2) is 5.77. The van der Waals surface area contributed by atoms with E-state index >= 15 is 0 Å². The summed E-state index contributed by atoms with van der Waals surface area (Å²) in [5.41, 5.74) is 0.737. The number of ether oxygens (including phenoxy) is 1. The molecule has 112 valence electrons. The fourth-order valence-electron chi connectivity index (χ4n) is 3.28. The lowest BCUT2D eigenvalue weighted by Crippen LogP contribution is -2.35. The summed E-state index contributed by atoms with van der Waals surface area (Å²) in [7, 11) is 0. The average Bonchev–Trinajstić information content (AvgIpc) is 2.39. The lowest BCUT2D eigenvalue weighted by Gasteiger charge is -2.41. The van der Waals surface area contributed by atoms with Gasteiger partial charge in [-0.05, 0) is 61.6 Å². The normalized spacial score (nSPS) is 27.4. The Hall–Kier alpha value is -1.02. The molecule has 1 aromatic rings. The summed E-state index contributed by atoms with van der Waals surface area (Å²) in [5.74, 6) is 1.59. The highest BCUT2D eigenvalue weighted by atomic mass is 16.5. The molecule has 20 heavy (non-hydrogen) atoms. The molecule has 0 heterocycles. The van der Waals surface area contributed by atoms with Gasteiger partial charge in [-0.3, -0.25) is 0 Å². The molecule has 1 saturated carbocycles. The van der Waals surface area contributed by atoms with E-state index in [9.17, 15) is 5.11 Å². The van der Waals surface area contributed by atoms with Crippen molar-refractivity contribution < 1.29 is 9.84 Å². The van der Waals surface area contributed by atoms with Crippen molar-refractivity contribution in [2.75, 3.05) is 6.61 Å². The van der Waals surface area contributed by atoms with Crippen LogP contribution in [0, 0.1) is 11.3 Å². The quantitative estimate of drug-likeness (QED) is 0.880. The maximum atomic E-state index is 10.9. The van der Waals surface area contributed by atoms with Crippen molar-refractivity contribution in [1.82, 2.24) is 0 Å². The van der Waals surface area contributed by atoms with Crippen LogP contribution in [0.15, 0.2) is 24.3 Å². The van der Waals surface area contributed by atoms with Crippen molar-refractivity contribution in [2.24, 2.45) is 11.3 Å². The highest BCUT2D eigenvalue weighted by molar-refractivity contribution is 5.31. The van der Waals surface area contributed by atoms with Crippen molar-refractivity contribution in [3.63, 3.8) is 0 Å². The van der Waals surface area contributed by atoms with Gasteiger partial charge in [0.1, 0.15) is 5.75 Å². The van der Waals surface area contributed by atoms with Crippen LogP contribution in [0.3, 0.4) is 0 Å². The Bertz CT molecular complexity index is 420. The molecule has 2 rings (SSSR count). The maximum Gasteiger partial charge on any atom is 0.119 e. The summed E-state index contributed by atoms with van der Waals surface area (Å²) in [5, 5.41) is 10.9. The average molecular weight is 276 g/mol. The number of hydrogen-bond donors (Lipinski definition) is 1. The summed E-state index contributed by atoms with van der Waals surface area (Å²) < 4.78 is 5.46. The first-order chi connectivity index (χ1) is 9.35. The fourth-order valence-corrected chi connectivity index (χ4v) is 3.28. The minimum atomic E-state index is -0.646. The fraction of sp³-hybridized carbons (Fsp3) is 0.667. The minimum absolute atomic E-state index is 0.347. The van der Waals surface area contributed by atoms with E-state index in [4.69, 9.17) is 4.74 Å². The number of aliphatic hydroxyl groups is 1. The van der Waals surface area contributed by atoms with Crippen LogP contribution in [0.25, 0.3) is 0 Å². The van der Waals surface area contributed by atoms with Gasteiger partial charge in [0.2, 0.25) is 0 Å². The first-order valence-electron chi connectivity index (χ1n) is 7.81. The Morgan fingerprint density at radius 2 is 1.70 bits per heavy atom. The minimum Gasteiger partial charge on any atom is -0.494 e. The third kappa shape index (κ3) is 3.35. The second-order valence-corrected chi connectivity index (χ2v) is 7.13. The van der Waals surface area contributed by atoms with E-state index in [1.807, 2.05) is 31.2 Å². The molecular formula is C18H28O2. The van der Waals surface area contributed by atoms with Crippen LogP contribution in [-0.4, -0.2) is 11.7 Å². The van der Waals surface area contributed by atoms with Crippen LogP contribution in [0.5, 0.6) is 5.75 Å². The van der Waals surface area contributed by atoms with Crippen LogP contribution < -0.4 is 4.74 Å². The largest absolute Gasteiger partial charge is 0.494 e. The monoisotopic (exact) mass is 276 g/mol. The zero-order valence-corrected chi connectivity index (χ0v) is 13.3. The van der Waals surface area contributed by atoms with Crippen LogP contribution in [0.4, 0.5) is 0 Å².